The average Bonchev–Trinajstić information content (AvgIpc) is 3.17. The molecule has 9 aromatic rings. The van der Waals surface area contributed by atoms with Crippen molar-refractivity contribution in [3.63, 3.8) is 0 Å². The molecule has 0 bridgehead atoms. The summed E-state index contributed by atoms with van der Waals surface area (Å²) >= 11 is 7.02. The molecule has 234 valence electrons. The molecule has 4 heteroatoms. The molecule has 9 aromatic carbocycles. The van der Waals surface area contributed by atoms with Gasteiger partial charge in [-0.3, -0.25) is 0 Å². The van der Waals surface area contributed by atoms with Crippen LogP contribution in [0.3, 0.4) is 0 Å². The Labute approximate surface area is 294 Å². The monoisotopic (exact) mass is 674 g/mol. The van der Waals surface area contributed by atoms with Crippen molar-refractivity contribution in [3.05, 3.63) is 164 Å². The zero-order valence-electron chi connectivity index (χ0n) is 26.8. The second-order valence-electron chi connectivity index (χ2n) is 13.2. The van der Waals surface area contributed by atoms with Crippen molar-refractivity contribution in [1.29, 1.82) is 0 Å². The largest absolute Gasteiger partial charge is 0.456 e. The summed E-state index contributed by atoms with van der Waals surface area (Å²) in [6.07, 6.45) is 0. The number of benzene rings is 9. The van der Waals surface area contributed by atoms with Crippen molar-refractivity contribution in [2.75, 3.05) is 0 Å². The van der Waals surface area contributed by atoms with Crippen LogP contribution in [0.4, 0.5) is 0 Å². The summed E-state index contributed by atoms with van der Waals surface area (Å²) < 4.78 is 13.8. The van der Waals surface area contributed by atoms with E-state index >= 15 is 0 Å². The van der Waals surface area contributed by atoms with Gasteiger partial charge in [-0.05, 0) is 102 Å². The molecule has 0 aromatic heterocycles. The molecule has 1 atom stereocenters. The van der Waals surface area contributed by atoms with E-state index in [0.717, 1.165) is 71.9 Å². The van der Waals surface area contributed by atoms with Crippen LogP contribution in [0, 0.1) is 0 Å². The van der Waals surface area contributed by atoms with Crippen LogP contribution in [0.5, 0.6) is 23.0 Å². The molecule has 0 radical (unpaired) electrons. The first kappa shape index (κ1) is 28.1. The zero-order valence-corrected chi connectivity index (χ0v) is 28.5. The summed E-state index contributed by atoms with van der Waals surface area (Å²) in [5, 5.41) is 13.0. The molecule has 11 rings (SSSR count). The Kier molecular flexibility index (Phi) is 5.85. The van der Waals surface area contributed by atoms with E-state index in [9.17, 15) is 0 Å². The number of ether oxygens (including phenoxy) is 2. The molecule has 0 spiro atoms. The van der Waals surface area contributed by atoms with Gasteiger partial charge in [0.1, 0.15) is 23.0 Å². The minimum atomic E-state index is -2.60. The molecule has 0 saturated heterocycles. The van der Waals surface area contributed by atoms with Gasteiger partial charge in [0.05, 0.1) is 11.3 Å². The van der Waals surface area contributed by atoms with E-state index in [0.29, 0.717) is 0 Å². The predicted molar refractivity (Wildman–Crippen MR) is 214 cm³/mol. The third-order valence-corrected chi connectivity index (χ3v) is 15.4. The molecule has 0 fully saturated rings. The first-order valence-electron chi connectivity index (χ1n) is 16.9. The van der Waals surface area contributed by atoms with Gasteiger partial charge in [-0.15, -0.1) is 0 Å². The molecule has 1 unspecified atom stereocenters. The Bertz CT molecular complexity index is 2930. The summed E-state index contributed by atoms with van der Waals surface area (Å²) in [7, 11) is 0. The highest BCUT2D eigenvalue weighted by atomic mass is 32.4. The van der Waals surface area contributed by atoms with E-state index in [4.69, 9.17) is 21.3 Å². The molecule has 2 heterocycles. The van der Waals surface area contributed by atoms with E-state index in [2.05, 4.69) is 158 Å². The third kappa shape index (κ3) is 3.88. The molecular weight excluding hydrogens is 648 g/mol. The standard InChI is InChI=1S/C46H27O2PS/c50-49-44-23-20-31(28-10-2-1-3-11-28)25-41(44)48-43-27-32(26-42(46(43)49)47-40-22-19-29-12-4-5-13-33(29)45(40)49)30-18-21-38-36-16-7-6-14-34(36)35-15-8-9-17-37(35)39(38)24-30/h1-27H. The van der Waals surface area contributed by atoms with E-state index in [1.165, 1.54) is 32.3 Å². The quantitative estimate of drug-likeness (QED) is 0.134. The summed E-state index contributed by atoms with van der Waals surface area (Å²) in [4.78, 5) is 0. The van der Waals surface area contributed by atoms with Crippen LogP contribution in [-0.2, 0) is 11.8 Å². The minimum absolute atomic E-state index is 0.778. The van der Waals surface area contributed by atoms with Crippen LogP contribution < -0.4 is 25.4 Å². The van der Waals surface area contributed by atoms with Crippen molar-refractivity contribution in [2.24, 2.45) is 0 Å². The summed E-state index contributed by atoms with van der Waals surface area (Å²) in [6, 6.07) is 55.7. The maximum absolute atomic E-state index is 7.02. The van der Waals surface area contributed by atoms with Crippen molar-refractivity contribution in [2.45, 2.75) is 0 Å². The fraction of sp³-hybridized carbons (Fsp3) is 0. The van der Waals surface area contributed by atoms with E-state index in [-0.39, 0.29) is 0 Å². The second kappa shape index (κ2) is 10.4. The van der Waals surface area contributed by atoms with Gasteiger partial charge in [-0.1, -0.05) is 139 Å². The fourth-order valence-corrected chi connectivity index (χ4v) is 13.0. The Morgan fingerprint density at radius 1 is 0.340 bits per heavy atom. The zero-order chi connectivity index (χ0) is 33.0. The van der Waals surface area contributed by atoms with E-state index in [1.807, 2.05) is 6.07 Å². The van der Waals surface area contributed by atoms with Crippen LogP contribution >= 0.6 is 6.04 Å². The predicted octanol–water partition coefficient (Wildman–Crippen LogP) is 11.6. The highest BCUT2D eigenvalue weighted by Crippen LogP contribution is 2.60. The Hall–Kier alpha value is -5.73. The third-order valence-electron chi connectivity index (χ3n) is 10.5. The van der Waals surface area contributed by atoms with Crippen molar-refractivity contribution < 1.29 is 9.47 Å². The number of hydrogen-bond donors (Lipinski definition) is 0. The summed E-state index contributed by atoms with van der Waals surface area (Å²) in [5.74, 6) is 3.21. The maximum atomic E-state index is 7.02. The van der Waals surface area contributed by atoms with Crippen LogP contribution in [0.2, 0.25) is 0 Å². The highest BCUT2D eigenvalue weighted by Gasteiger charge is 2.44. The summed E-state index contributed by atoms with van der Waals surface area (Å²) in [5.41, 5.74) is 4.38. The molecule has 2 nitrogen and oxygen atoms in total. The Balaban J connectivity index is 1.17. The van der Waals surface area contributed by atoms with Crippen molar-refractivity contribution in [3.8, 4) is 45.3 Å². The smallest absolute Gasteiger partial charge is 0.140 e. The first-order chi connectivity index (χ1) is 24.6. The molecule has 2 aliphatic heterocycles. The molecule has 0 aliphatic carbocycles. The van der Waals surface area contributed by atoms with E-state index in [1.54, 1.807) is 0 Å². The molecule has 0 amide bonds. The molecule has 2 aliphatic rings. The van der Waals surface area contributed by atoms with Gasteiger partial charge in [-0.2, -0.15) is 0 Å². The number of rotatable bonds is 2. The first-order valence-corrected chi connectivity index (χ1v) is 19.7. The van der Waals surface area contributed by atoms with Crippen LogP contribution in [0.25, 0.3) is 65.3 Å². The van der Waals surface area contributed by atoms with Gasteiger partial charge in [0.2, 0.25) is 0 Å². The van der Waals surface area contributed by atoms with Gasteiger partial charge in [0.25, 0.3) is 0 Å². The van der Waals surface area contributed by atoms with Gasteiger partial charge in [0.15, 0.2) is 0 Å². The molecular formula is C46H27O2PS. The summed E-state index contributed by atoms with van der Waals surface area (Å²) in [6.45, 7) is 0. The Morgan fingerprint density at radius 3 is 1.60 bits per heavy atom. The van der Waals surface area contributed by atoms with Crippen LogP contribution in [0.15, 0.2) is 164 Å². The lowest BCUT2D eigenvalue weighted by Gasteiger charge is -2.38. The van der Waals surface area contributed by atoms with Crippen molar-refractivity contribution >= 4 is 76.8 Å². The second-order valence-corrected chi connectivity index (χ2v) is 17.4. The van der Waals surface area contributed by atoms with Crippen LogP contribution in [0.1, 0.15) is 0 Å². The van der Waals surface area contributed by atoms with Gasteiger partial charge >= 0.3 is 0 Å². The van der Waals surface area contributed by atoms with Gasteiger partial charge in [0, 0.05) is 10.6 Å². The number of hydrogen-bond acceptors (Lipinski definition) is 3. The van der Waals surface area contributed by atoms with Crippen molar-refractivity contribution in [1.82, 2.24) is 0 Å². The lowest BCUT2D eigenvalue weighted by molar-refractivity contribution is 0.467. The maximum Gasteiger partial charge on any atom is 0.140 e. The van der Waals surface area contributed by atoms with E-state index < -0.39 is 6.04 Å². The molecule has 0 N–H and O–H groups in total. The normalized spacial score (nSPS) is 15.7. The topological polar surface area (TPSA) is 18.5 Å². The highest BCUT2D eigenvalue weighted by molar-refractivity contribution is 8.26. The Morgan fingerprint density at radius 2 is 0.880 bits per heavy atom. The minimum Gasteiger partial charge on any atom is -0.456 e. The average molecular weight is 675 g/mol. The van der Waals surface area contributed by atoms with Gasteiger partial charge < -0.3 is 9.47 Å². The number of fused-ring (bicyclic) bond motifs is 12. The fourth-order valence-electron chi connectivity index (χ4n) is 8.20. The lowest BCUT2D eigenvalue weighted by atomic mass is 9.92. The van der Waals surface area contributed by atoms with Gasteiger partial charge in [-0.25, -0.2) is 0 Å². The molecule has 0 saturated carbocycles. The van der Waals surface area contributed by atoms with Crippen LogP contribution in [-0.4, -0.2) is 0 Å². The SMILES string of the molecule is S=P12c3ccc(-c4ccccc4)cc3Oc3cc(-c4ccc5c6ccccc6c6ccccc6c5c4)cc(c31)Oc1ccc3ccccc3c12. The molecule has 50 heavy (non-hydrogen) atoms. The lowest BCUT2D eigenvalue weighted by Crippen LogP contribution is -2.35.